The molecule has 3 nitrogen and oxygen atoms in total. The molecule has 2 aliphatic carbocycles. The number of hydrogen-bond acceptors (Lipinski definition) is 3. The molecular weight excluding hydrogens is 396 g/mol. The van der Waals surface area contributed by atoms with E-state index in [2.05, 4.69) is 37.8 Å². The van der Waals surface area contributed by atoms with E-state index in [1.807, 2.05) is 12.1 Å². The summed E-state index contributed by atoms with van der Waals surface area (Å²) >= 11 is 0. The van der Waals surface area contributed by atoms with E-state index in [9.17, 15) is 4.79 Å². The molecule has 4 unspecified atom stereocenters. The Bertz CT molecular complexity index is 926. The van der Waals surface area contributed by atoms with Crippen LogP contribution >= 0.6 is 0 Å². The highest BCUT2D eigenvalue weighted by Crippen LogP contribution is 2.47. The minimum absolute atomic E-state index is 0.331. The average molecular weight is 431 g/mol. The molecule has 0 heterocycles. The summed E-state index contributed by atoms with van der Waals surface area (Å²) in [6, 6.07) is 15.1. The Labute approximate surface area is 192 Å². The number of ether oxygens (including phenoxy) is 2. The lowest BCUT2D eigenvalue weighted by molar-refractivity contribution is 0.0734. The molecule has 0 aliphatic heterocycles. The van der Waals surface area contributed by atoms with Crippen molar-refractivity contribution in [2.75, 3.05) is 6.61 Å². The van der Waals surface area contributed by atoms with Gasteiger partial charge in [0.25, 0.3) is 0 Å². The van der Waals surface area contributed by atoms with Crippen molar-refractivity contribution in [3.05, 3.63) is 84.5 Å². The summed E-state index contributed by atoms with van der Waals surface area (Å²) in [4.78, 5) is 12.6. The molecule has 2 saturated carbocycles. The van der Waals surface area contributed by atoms with Gasteiger partial charge < -0.3 is 9.47 Å². The maximum absolute atomic E-state index is 12.6. The van der Waals surface area contributed by atoms with Crippen LogP contribution in [0, 0.1) is 17.8 Å². The first-order valence-corrected chi connectivity index (χ1v) is 11.9. The smallest absolute Gasteiger partial charge is 0.343 e. The van der Waals surface area contributed by atoms with Gasteiger partial charge in [-0.05, 0) is 111 Å². The van der Waals surface area contributed by atoms with Gasteiger partial charge >= 0.3 is 5.97 Å². The van der Waals surface area contributed by atoms with Crippen molar-refractivity contribution >= 4 is 5.97 Å². The molecule has 2 aliphatic rings. The largest absolute Gasteiger partial charge is 0.490 e. The van der Waals surface area contributed by atoms with Crippen LogP contribution in [0.25, 0.3) is 0 Å². The molecule has 0 N–H and O–H groups in total. The SMILES string of the molecule is C=CCOc1ccc(OC(=O)c2ccc(C3CCC4CC(/C=C/C)CCC4C3)cc2)cc1. The second kappa shape index (κ2) is 10.7. The molecule has 0 amide bonds. The molecule has 0 radical (unpaired) electrons. The van der Waals surface area contributed by atoms with Crippen molar-refractivity contribution in [1.82, 2.24) is 0 Å². The van der Waals surface area contributed by atoms with Gasteiger partial charge in [0.15, 0.2) is 0 Å². The zero-order valence-corrected chi connectivity index (χ0v) is 19.0. The molecule has 2 aromatic rings. The third kappa shape index (κ3) is 5.51. The molecule has 32 heavy (non-hydrogen) atoms. The first-order valence-electron chi connectivity index (χ1n) is 11.9. The van der Waals surface area contributed by atoms with Crippen molar-refractivity contribution in [3.63, 3.8) is 0 Å². The van der Waals surface area contributed by atoms with Gasteiger partial charge in [-0.3, -0.25) is 0 Å². The standard InChI is InChI=1S/C29H34O3/c1-3-5-21-6-7-26-20-25(13-12-24(26)19-21)22-8-10-23(11-9-22)29(30)32-28-16-14-27(15-17-28)31-18-4-2/h3-5,8-11,14-17,21,24-26H,2,6-7,12-13,18-20H2,1H3/b5-3+. The fourth-order valence-electron chi connectivity index (χ4n) is 5.49. The van der Waals surface area contributed by atoms with Crippen LogP contribution in [0.2, 0.25) is 0 Å². The highest BCUT2D eigenvalue weighted by molar-refractivity contribution is 5.91. The number of carbonyl (C=O) groups excluding carboxylic acids is 1. The molecule has 168 valence electrons. The monoisotopic (exact) mass is 430 g/mol. The van der Waals surface area contributed by atoms with E-state index in [4.69, 9.17) is 9.47 Å². The molecule has 4 atom stereocenters. The summed E-state index contributed by atoms with van der Waals surface area (Å²) < 4.78 is 11.0. The molecule has 3 heteroatoms. The zero-order valence-electron chi connectivity index (χ0n) is 19.0. The minimum Gasteiger partial charge on any atom is -0.490 e. The Morgan fingerprint density at radius 2 is 1.62 bits per heavy atom. The van der Waals surface area contributed by atoms with E-state index >= 15 is 0 Å². The van der Waals surface area contributed by atoms with Crippen LogP contribution in [-0.4, -0.2) is 12.6 Å². The molecule has 0 spiro atoms. The number of allylic oxidation sites excluding steroid dienone is 2. The third-order valence-electron chi connectivity index (χ3n) is 7.14. The Balaban J connectivity index is 1.32. The summed E-state index contributed by atoms with van der Waals surface area (Å²) in [5, 5.41) is 0. The van der Waals surface area contributed by atoms with E-state index in [0.29, 0.717) is 23.8 Å². The summed E-state index contributed by atoms with van der Waals surface area (Å²) in [6.45, 7) is 6.22. The van der Waals surface area contributed by atoms with Crippen LogP contribution < -0.4 is 9.47 Å². The van der Waals surface area contributed by atoms with Crippen molar-refractivity contribution < 1.29 is 14.3 Å². The van der Waals surface area contributed by atoms with Crippen LogP contribution in [0.4, 0.5) is 0 Å². The van der Waals surface area contributed by atoms with Gasteiger partial charge in [0, 0.05) is 0 Å². The van der Waals surface area contributed by atoms with Gasteiger partial charge in [0.1, 0.15) is 18.1 Å². The highest BCUT2D eigenvalue weighted by Gasteiger charge is 2.35. The normalized spacial score (nSPS) is 25.2. The van der Waals surface area contributed by atoms with E-state index in [-0.39, 0.29) is 5.97 Å². The van der Waals surface area contributed by atoms with Crippen molar-refractivity contribution in [1.29, 1.82) is 0 Å². The number of benzene rings is 2. The van der Waals surface area contributed by atoms with Crippen LogP contribution in [0.5, 0.6) is 11.5 Å². The molecule has 2 fully saturated rings. The van der Waals surface area contributed by atoms with Crippen LogP contribution in [0.15, 0.2) is 73.3 Å². The molecule has 2 aromatic carbocycles. The van der Waals surface area contributed by atoms with Crippen molar-refractivity contribution in [2.24, 2.45) is 17.8 Å². The van der Waals surface area contributed by atoms with Gasteiger partial charge in [-0.2, -0.15) is 0 Å². The lowest BCUT2D eigenvalue weighted by Crippen LogP contribution is -2.30. The van der Waals surface area contributed by atoms with E-state index in [1.54, 1.807) is 30.3 Å². The maximum Gasteiger partial charge on any atom is 0.343 e. The van der Waals surface area contributed by atoms with Gasteiger partial charge in [-0.25, -0.2) is 4.79 Å². The van der Waals surface area contributed by atoms with Gasteiger partial charge in [0.05, 0.1) is 5.56 Å². The zero-order chi connectivity index (χ0) is 22.3. The van der Waals surface area contributed by atoms with Gasteiger partial charge in [-0.15, -0.1) is 0 Å². The van der Waals surface area contributed by atoms with Crippen LogP contribution in [0.3, 0.4) is 0 Å². The number of fused-ring (bicyclic) bond motifs is 1. The summed E-state index contributed by atoms with van der Waals surface area (Å²) in [5.74, 6) is 4.06. The van der Waals surface area contributed by atoms with Crippen LogP contribution in [-0.2, 0) is 0 Å². The van der Waals surface area contributed by atoms with Crippen LogP contribution in [0.1, 0.15) is 67.3 Å². The van der Waals surface area contributed by atoms with Crippen molar-refractivity contribution in [3.8, 4) is 11.5 Å². The lowest BCUT2D eigenvalue weighted by atomic mass is 9.64. The molecule has 0 bridgehead atoms. The number of rotatable bonds is 7. The Hall–Kier alpha value is -2.81. The second-order valence-corrected chi connectivity index (χ2v) is 9.21. The van der Waals surface area contributed by atoms with E-state index < -0.39 is 0 Å². The summed E-state index contributed by atoms with van der Waals surface area (Å²) in [7, 11) is 0. The first-order chi connectivity index (χ1) is 15.7. The maximum atomic E-state index is 12.6. The fourth-order valence-corrected chi connectivity index (χ4v) is 5.49. The number of carbonyl (C=O) groups is 1. The Morgan fingerprint density at radius 3 is 2.34 bits per heavy atom. The summed E-state index contributed by atoms with van der Waals surface area (Å²) in [5.41, 5.74) is 1.94. The Kier molecular flexibility index (Phi) is 7.47. The predicted octanol–water partition coefficient (Wildman–Crippen LogP) is 7.35. The number of esters is 1. The quantitative estimate of drug-likeness (QED) is 0.262. The first kappa shape index (κ1) is 22.4. The molecule has 0 saturated heterocycles. The predicted molar refractivity (Wildman–Crippen MR) is 129 cm³/mol. The summed E-state index contributed by atoms with van der Waals surface area (Å²) in [6.07, 6.45) is 14.3. The second-order valence-electron chi connectivity index (χ2n) is 9.21. The van der Waals surface area contributed by atoms with Gasteiger partial charge in [-0.1, -0.05) is 36.9 Å². The highest BCUT2D eigenvalue weighted by atomic mass is 16.5. The third-order valence-corrected chi connectivity index (χ3v) is 7.14. The topological polar surface area (TPSA) is 35.5 Å². The minimum atomic E-state index is -0.331. The molecule has 4 rings (SSSR count). The van der Waals surface area contributed by atoms with Gasteiger partial charge in [0.2, 0.25) is 0 Å². The van der Waals surface area contributed by atoms with E-state index in [1.165, 1.54) is 44.1 Å². The molecular formula is C29H34O3. The van der Waals surface area contributed by atoms with E-state index in [0.717, 1.165) is 23.5 Å². The average Bonchev–Trinajstić information content (AvgIpc) is 2.83. The lowest BCUT2D eigenvalue weighted by Gasteiger charge is -2.41. The van der Waals surface area contributed by atoms with Crippen molar-refractivity contribution in [2.45, 2.75) is 51.4 Å². The number of hydrogen-bond donors (Lipinski definition) is 0. The molecule has 0 aromatic heterocycles. The fraction of sp³-hybridized carbons (Fsp3) is 0.414. The Morgan fingerprint density at radius 1 is 0.938 bits per heavy atom.